The van der Waals surface area contributed by atoms with Gasteiger partial charge in [-0.25, -0.2) is 5.43 Å². The second-order valence-electron chi connectivity index (χ2n) is 3.50. The molecule has 0 heterocycles. The molecule has 1 rings (SSSR count). The Morgan fingerprint density at radius 3 is 2.94 bits per heavy atom. The summed E-state index contributed by atoms with van der Waals surface area (Å²) in [5.74, 6) is 0.414. The number of carbonyl (C=O) groups is 1. The first-order valence-corrected chi connectivity index (χ1v) is 5.39. The molecule has 0 atom stereocenters. The maximum Gasteiger partial charge on any atom is 0.236 e. The van der Waals surface area contributed by atoms with E-state index in [-0.39, 0.29) is 11.7 Å². The molecule has 1 aromatic carbocycles. The van der Waals surface area contributed by atoms with Crippen LogP contribution >= 0.6 is 0 Å². The zero-order valence-electron chi connectivity index (χ0n) is 9.93. The van der Waals surface area contributed by atoms with Crippen LogP contribution in [-0.2, 0) is 4.79 Å². The van der Waals surface area contributed by atoms with Crippen molar-refractivity contribution in [1.29, 1.82) is 0 Å². The fourth-order valence-corrected chi connectivity index (χ4v) is 1.14. The van der Waals surface area contributed by atoms with Crippen molar-refractivity contribution in [3.63, 3.8) is 0 Å². The first kappa shape index (κ1) is 13.0. The minimum absolute atomic E-state index is 0.0627. The molecule has 17 heavy (non-hydrogen) atoms. The predicted octanol–water partition coefficient (Wildman–Crippen LogP) is 1.65. The zero-order valence-corrected chi connectivity index (χ0v) is 9.93. The highest BCUT2D eigenvalue weighted by Crippen LogP contribution is 2.22. The molecule has 1 aromatic rings. The van der Waals surface area contributed by atoms with Gasteiger partial charge in [-0.2, -0.15) is 5.10 Å². The van der Waals surface area contributed by atoms with E-state index in [4.69, 9.17) is 4.74 Å². The van der Waals surface area contributed by atoms with Crippen LogP contribution in [0.15, 0.2) is 23.3 Å². The Kier molecular flexibility index (Phi) is 5.00. The van der Waals surface area contributed by atoms with Crippen molar-refractivity contribution in [2.45, 2.75) is 20.3 Å². The minimum Gasteiger partial charge on any atom is -0.507 e. The number of aromatic hydroxyl groups is 1. The van der Waals surface area contributed by atoms with Crippen molar-refractivity contribution in [3.05, 3.63) is 23.8 Å². The van der Waals surface area contributed by atoms with Crippen molar-refractivity contribution < 1.29 is 14.6 Å². The van der Waals surface area contributed by atoms with Gasteiger partial charge in [0.2, 0.25) is 5.91 Å². The van der Waals surface area contributed by atoms with E-state index >= 15 is 0 Å². The number of rotatable bonds is 5. The van der Waals surface area contributed by atoms with E-state index < -0.39 is 0 Å². The van der Waals surface area contributed by atoms with Crippen LogP contribution in [0.25, 0.3) is 0 Å². The Bertz CT molecular complexity index is 416. The van der Waals surface area contributed by atoms with Gasteiger partial charge in [0.25, 0.3) is 0 Å². The van der Waals surface area contributed by atoms with Crippen molar-refractivity contribution in [3.8, 4) is 11.5 Å². The number of phenols is 1. The zero-order chi connectivity index (χ0) is 12.7. The van der Waals surface area contributed by atoms with Crippen LogP contribution in [0.5, 0.6) is 11.5 Å². The van der Waals surface area contributed by atoms with E-state index in [1.54, 1.807) is 12.1 Å². The summed E-state index contributed by atoms with van der Waals surface area (Å²) in [5, 5.41) is 13.3. The number of phenolic OH excluding ortho intramolecular Hbond substituents is 1. The summed E-state index contributed by atoms with van der Waals surface area (Å²) in [6.45, 7) is 3.98. The van der Waals surface area contributed by atoms with E-state index in [2.05, 4.69) is 10.5 Å². The lowest BCUT2D eigenvalue weighted by molar-refractivity contribution is -0.118. The Labute approximate surface area is 100 Å². The second kappa shape index (κ2) is 6.52. The Morgan fingerprint density at radius 2 is 2.35 bits per heavy atom. The van der Waals surface area contributed by atoms with Gasteiger partial charge >= 0.3 is 0 Å². The standard InChI is InChI=1S/C12H16N2O3/c1-3-6-17-11-5-4-10(12(16)7-11)8-13-14-9(2)15/h4-5,7-8,16H,3,6H2,1-2H3,(H,14,15)/b13-8+. The van der Waals surface area contributed by atoms with Crippen LogP contribution in [0, 0.1) is 0 Å². The molecular formula is C12H16N2O3. The van der Waals surface area contributed by atoms with Gasteiger partial charge in [-0.15, -0.1) is 0 Å². The van der Waals surface area contributed by atoms with Gasteiger partial charge < -0.3 is 9.84 Å². The monoisotopic (exact) mass is 236 g/mol. The van der Waals surface area contributed by atoms with Gasteiger partial charge in [0, 0.05) is 18.6 Å². The van der Waals surface area contributed by atoms with Crippen LogP contribution in [0.1, 0.15) is 25.8 Å². The molecule has 0 saturated heterocycles. The Balaban J connectivity index is 2.68. The number of amides is 1. The largest absolute Gasteiger partial charge is 0.507 e. The molecule has 1 amide bonds. The second-order valence-corrected chi connectivity index (χ2v) is 3.50. The number of nitrogens with zero attached hydrogens (tertiary/aromatic N) is 1. The number of nitrogens with one attached hydrogen (secondary N) is 1. The van der Waals surface area contributed by atoms with Gasteiger partial charge in [0.05, 0.1) is 12.8 Å². The van der Waals surface area contributed by atoms with Crippen molar-refractivity contribution in [2.75, 3.05) is 6.61 Å². The highest BCUT2D eigenvalue weighted by atomic mass is 16.5. The summed E-state index contributed by atoms with van der Waals surface area (Å²) >= 11 is 0. The molecule has 0 aliphatic carbocycles. The van der Waals surface area contributed by atoms with E-state index in [0.29, 0.717) is 17.9 Å². The quantitative estimate of drug-likeness (QED) is 0.603. The summed E-state index contributed by atoms with van der Waals surface area (Å²) in [7, 11) is 0. The topological polar surface area (TPSA) is 70.9 Å². The molecule has 92 valence electrons. The van der Waals surface area contributed by atoms with Gasteiger partial charge in [-0.05, 0) is 18.6 Å². The molecule has 0 fully saturated rings. The molecule has 5 heteroatoms. The molecular weight excluding hydrogens is 220 g/mol. The van der Waals surface area contributed by atoms with Gasteiger partial charge in [0.15, 0.2) is 0 Å². The molecule has 2 N–H and O–H groups in total. The van der Waals surface area contributed by atoms with E-state index in [9.17, 15) is 9.90 Å². The van der Waals surface area contributed by atoms with Crippen LogP contribution in [0.4, 0.5) is 0 Å². The molecule has 0 saturated carbocycles. The Morgan fingerprint density at radius 1 is 1.59 bits per heavy atom. The van der Waals surface area contributed by atoms with Crippen LogP contribution in [-0.4, -0.2) is 23.8 Å². The molecule has 0 aromatic heterocycles. The van der Waals surface area contributed by atoms with Crippen LogP contribution in [0.3, 0.4) is 0 Å². The molecule has 5 nitrogen and oxygen atoms in total. The number of hydrazone groups is 1. The third kappa shape index (κ3) is 4.55. The van der Waals surface area contributed by atoms with Gasteiger partial charge in [-0.1, -0.05) is 6.92 Å². The SMILES string of the molecule is CCCOc1ccc(/C=N/NC(C)=O)c(O)c1. The lowest BCUT2D eigenvalue weighted by atomic mass is 10.2. The average Bonchev–Trinajstić information content (AvgIpc) is 2.28. The van der Waals surface area contributed by atoms with Crippen LogP contribution < -0.4 is 10.2 Å². The average molecular weight is 236 g/mol. The van der Waals surface area contributed by atoms with Crippen molar-refractivity contribution >= 4 is 12.1 Å². The maximum absolute atomic E-state index is 10.6. The first-order valence-electron chi connectivity index (χ1n) is 5.39. The van der Waals surface area contributed by atoms with Crippen LogP contribution in [0.2, 0.25) is 0 Å². The number of ether oxygens (including phenoxy) is 1. The third-order valence-electron chi connectivity index (χ3n) is 1.90. The van der Waals surface area contributed by atoms with Crippen molar-refractivity contribution in [1.82, 2.24) is 5.43 Å². The van der Waals surface area contributed by atoms with Gasteiger partial charge in [0.1, 0.15) is 11.5 Å². The number of hydrogen-bond acceptors (Lipinski definition) is 4. The molecule has 0 spiro atoms. The normalized spacial score (nSPS) is 10.5. The smallest absolute Gasteiger partial charge is 0.236 e. The molecule has 0 bridgehead atoms. The highest BCUT2D eigenvalue weighted by molar-refractivity contribution is 5.84. The highest BCUT2D eigenvalue weighted by Gasteiger charge is 2.01. The number of benzene rings is 1. The summed E-state index contributed by atoms with van der Waals surface area (Å²) in [5.41, 5.74) is 2.77. The Hall–Kier alpha value is -2.04. The fourth-order valence-electron chi connectivity index (χ4n) is 1.14. The first-order chi connectivity index (χ1) is 8.13. The van der Waals surface area contributed by atoms with E-state index in [1.807, 2.05) is 6.92 Å². The van der Waals surface area contributed by atoms with Gasteiger partial charge in [-0.3, -0.25) is 4.79 Å². The lowest BCUT2D eigenvalue weighted by Gasteiger charge is -2.06. The molecule has 0 radical (unpaired) electrons. The van der Waals surface area contributed by atoms with E-state index in [1.165, 1.54) is 19.2 Å². The minimum atomic E-state index is -0.261. The summed E-state index contributed by atoms with van der Waals surface area (Å²) < 4.78 is 5.36. The molecule has 0 aliphatic heterocycles. The molecule has 0 unspecified atom stereocenters. The van der Waals surface area contributed by atoms with E-state index in [0.717, 1.165) is 6.42 Å². The number of carbonyl (C=O) groups excluding carboxylic acids is 1. The summed E-state index contributed by atoms with van der Waals surface area (Å²) in [6.07, 6.45) is 2.28. The van der Waals surface area contributed by atoms with Crippen molar-refractivity contribution in [2.24, 2.45) is 5.10 Å². The maximum atomic E-state index is 10.6. The lowest BCUT2D eigenvalue weighted by Crippen LogP contribution is -2.12. The summed E-state index contributed by atoms with van der Waals surface area (Å²) in [6, 6.07) is 4.93. The third-order valence-corrected chi connectivity index (χ3v) is 1.90. The predicted molar refractivity (Wildman–Crippen MR) is 65.3 cm³/mol. The molecule has 0 aliphatic rings. The summed E-state index contributed by atoms with van der Waals surface area (Å²) in [4.78, 5) is 10.6. The number of hydrogen-bond donors (Lipinski definition) is 2. The fraction of sp³-hybridized carbons (Fsp3) is 0.333.